The summed E-state index contributed by atoms with van der Waals surface area (Å²) in [5.41, 5.74) is 0.661. The van der Waals surface area contributed by atoms with E-state index in [4.69, 9.17) is 9.15 Å². The molecule has 0 radical (unpaired) electrons. The van der Waals surface area contributed by atoms with E-state index in [1.165, 1.54) is 10.6 Å². The number of carbonyl (C=O) groups is 2. The van der Waals surface area contributed by atoms with Crippen LogP contribution in [-0.4, -0.2) is 43.5 Å². The fourth-order valence-electron chi connectivity index (χ4n) is 1.99. The Balaban J connectivity index is 1.87. The third kappa shape index (κ3) is 2.93. The highest BCUT2D eigenvalue weighted by Gasteiger charge is 2.23. The number of carbonyl (C=O) groups excluding carboxylic acids is 2. The molecule has 0 atom stereocenters. The van der Waals surface area contributed by atoms with Crippen LogP contribution in [0.2, 0.25) is 0 Å². The van der Waals surface area contributed by atoms with Gasteiger partial charge in [-0.25, -0.2) is 14.3 Å². The number of aryl methyl sites for hydroxylation is 1. The van der Waals surface area contributed by atoms with Gasteiger partial charge in [-0.1, -0.05) is 6.92 Å². The molecular formula is C14H14N6O4. The highest BCUT2D eigenvalue weighted by Crippen LogP contribution is 2.20. The van der Waals surface area contributed by atoms with Crippen LogP contribution in [0.4, 0.5) is 5.88 Å². The van der Waals surface area contributed by atoms with Gasteiger partial charge in [-0.3, -0.25) is 10.1 Å². The number of amides is 1. The number of ether oxygens (including phenoxy) is 1. The predicted octanol–water partition coefficient (Wildman–Crippen LogP) is 1.10. The van der Waals surface area contributed by atoms with E-state index in [1.807, 2.05) is 6.92 Å². The van der Waals surface area contributed by atoms with Gasteiger partial charge in [-0.15, -0.1) is 5.10 Å². The van der Waals surface area contributed by atoms with Crippen LogP contribution in [0.3, 0.4) is 0 Å². The average molecular weight is 330 g/mol. The lowest BCUT2D eigenvalue weighted by Gasteiger charge is -2.04. The third-order valence-corrected chi connectivity index (χ3v) is 3.13. The first-order valence-electron chi connectivity index (χ1n) is 7.28. The number of pyridine rings is 1. The van der Waals surface area contributed by atoms with E-state index in [1.54, 1.807) is 19.2 Å². The molecule has 0 saturated carbocycles. The van der Waals surface area contributed by atoms with Gasteiger partial charge in [0.1, 0.15) is 0 Å². The number of rotatable bonds is 5. The molecule has 0 spiro atoms. The number of anilines is 1. The number of tetrazole rings is 1. The number of aromatic nitrogens is 5. The van der Waals surface area contributed by atoms with Gasteiger partial charge < -0.3 is 9.15 Å². The Morgan fingerprint density at radius 2 is 2.21 bits per heavy atom. The van der Waals surface area contributed by atoms with Crippen molar-refractivity contribution in [1.82, 2.24) is 25.0 Å². The van der Waals surface area contributed by atoms with Gasteiger partial charge in [0.25, 0.3) is 5.91 Å². The summed E-state index contributed by atoms with van der Waals surface area (Å²) in [6.07, 6.45) is 2.02. The zero-order valence-corrected chi connectivity index (χ0v) is 13.0. The molecule has 10 heteroatoms. The van der Waals surface area contributed by atoms with E-state index in [9.17, 15) is 9.59 Å². The predicted molar refractivity (Wildman–Crippen MR) is 80.6 cm³/mol. The molecule has 10 nitrogen and oxygen atoms in total. The number of hydrogen-bond acceptors (Lipinski definition) is 8. The van der Waals surface area contributed by atoms with Crippen molar-refractivity contribution >= 4 is 23.4 Å². The topological polar surface area (TPSA) is 125 Å². The quantitative estimate of drug-likeness (QED) is 0.690. The van der Waals surface area contributed by atoms with Gasteiger partial charge in [0, 0.05) is 18.2 Å². The Morgan fingerprint density at radius 3 is 2.96 bits per heavy atom. The Morgan fingerprint density at radius 1 is 1.38 bits per heavy atom. The summed E-state index contributed by atoms with van der Waals surface area (Å²) in [6, 6.07) is 3.05. The van der Waals surface area contributed by atoms with E-state index in [2.05, 4.69) is 25.8 Å². The largest absolute Gasteiger partial charge is 0.461 e. The number of oxazole rings is 1. The molecule has 1 amide bonds. The van der Waals surface area contributed by atoms with Crippen LogP contribution in [0.5, 0.6) is 0 Å². The number of esters is 1. The molecule has 1 N–H and O–H groups in total. The van der Waals surface area contributed by atoms with Gasteiger partial charge in [-0.05, 0) is 29.5 Å². The normalized spacial score (nSPS) is 10.8. The SMILES string of the molecule is CCOC(=O)c1nc(CC)oc1NC(=O)c1ccn2nnnc2c1. The van der Waals surface area contributed by atoms with Gasteiger partial charge in [0.05, 0.1) is 6.61 Å². The maximum atomic E-state index is 12.4. The number of nitrogens with zero attached hydrogens (tertiary/aromatic N) is 5. The van der Waals surface area contributed by atoms with E-state index in [0.29, 0.717) is 23.5 Å². The third-order valence-electron chi connectivity index (χ3n) is 3.13. The van der Waals surface area contributed by atoms with E-state index >= 15 is 0 Å². The summed E-state index contributed by atoms with van der Waals surface area (Å²) in [7, 11) is 0. The summed E-state index contributed by atoms with van der Waals surface area (Å²) in [5.74, 6) is -0.863. The molecule has 3 aromatic heterocycles. The highest BCUT2D eigenvalue weighted by atomic mass is 16.5. The summed E-state index contributed by atoms with van der Waals surface area (Å²) in [6.45, 7) is 3.69. The van der Waals surface area contributed by atoms with Gasteiger partial charge in [0.2, 0.25) is 11.6 Å². The standard InChI is InChI=1S/C14H14N6O4/c1-3-10-15-11(14(22)23-4-2)13(24-10)16-12(21)8-5-6-20-9(7-8)17-18-19-20/h5-7H,3-4H2,1-2H3,(H,16,21). The summed E-state index contributed by atoms with van der Waals surface area (Å²) >= 11 is 0. The first-order chi connectivity index (χ1) is 11.6. The van der Waals surface area contributed by atoms with Crippen molar-refractivity contribution in [1.29, 1.82) is 0 Å². The molecule has 0 aromatic carbocycles. The van der Waals surface area contributed by atoms with Crippen LogP contribution in [0.15, 0.2) is 22.7 Å². The maximum absolute atomic E-state index is 12.4. The van der Waals surface area contributed by atoms with Crippen molar-refractivity contribution in [2.24, 2.45) is 0 Å². The van der Waals surface area contributed by atoms with E-state index in [-0.39, 0.29) is 18.2 Å². The summed E-state index contributed by atoms with van der Waals surface area (Å²) < 4.78 is 11.7. The monoisotopic (exact) mass is 330 g/mol. The molecule has 124 valence electrons. The van der Waals surface area contributed by atoms with E-state index in [0.717, 1.165) is 0 Å². The number of hydrogen-bond donors (Lipinski definition) is 1. The molecule has 0 saturated heterocycles. The first-order valence-corrected chi connectivity index (χ1v) is 7.28. The molecule has 24 heavy (non-hydrogen) atoms. The lowest BCUT2D eigenvalue weighted by molar-refractivity contribution is 0.0521. The molecule has 0 aliphatic rings. The van der Waals surface area contributed by atoms with Crippen molar-refractivity contribution in [3.8, 4) is 0 Å². The Kier molecular flexibility index (Phi) is 4.18. The zero-order valence-electron chi connectivity index (χ0n) is 13.0. The second-order valence-electron chi connectivity index (χ2n) is 4.71. The van der Waals surface area contributed by atoms with Crippen molar-refractivity contribution in [3.05, 3.63) is 35.5 Å². The lowest BCUT2D eigenvalue weighted by Crippen LogP contribution is -2.15. The van der Waals surface area contributed by atoms with Crippen LogP contribution in [-0.2, 0) is 11.2 Å². The molecule has 0 bridgehead atoms. The minimum atomic E-state index is -0.659. The Hall–Kier alpha value is -3.30. The van der Waals surface area contributed by atoms with Crippen molar-refractivity contribution in [2.45, 2.75) is 20.3 Å². The zero-order chi connectivity index (χ0) is 17.1. The first kappa shape index (κ1) is 15.6. The minimum absolute atomic E-state index is 0.0465. The molecule has 0 aliphatic heterocycles. The Bertz CT molecular complexity index is 900. The molecule has 3 aromatic rings. The molecular weight excluding hydrogens is 316 g/mol. The molecule has 3 heterocycles. The van der Waals surface area contributed by atoms with Gasteiger partial charge >= 0.3 is 5.97 Å². The van der Waals surface area contributed by atoms with Crippen LogP contribution in [0.25, 0.3) is 5.65 Å². The highest BCUT2D eigenvalue weighted by molar-refractivity contribution is 6.06. The number of fused-ring (bicyclic) bond motifs is 1. The molecule has 0 unspecified atom stereocenters. The van der Waals surface area contributed by atoms with Crippen molar-refractivity contribution < 1.29 is 18.7 Å². The Labute approximate surface area is 135 Å². The van der Waals surface area contributed by atoms with Crippen molar-refractivity contribution in [3.63, 3.8) is 0 Å². The van der Waals surface area contributed by atoms with E-state index < -0.39 is 11.9 Å². The summed E-state index contributed by atoms with van der Waals surface area (Å²) in [5, 5.41) is 13.5. The lowest BCUT2D eigenvalue weighted by atomic mass is 10.2. The fraction of sp³-hybridized carbons (Fsp3) is 0.286. The smallest absolute Gasteiger partial charge is 0.362 e. The van der Waals surface area contributed by atoms with Crippen molar-refractivity contribution in [2.75, 3.05) is 11.9 Å². The maximum Gasteiger partial charge on any atom is 0.362 e. The average Bonchev–Trinajstić information content (AvgIpc) is 3.20. The van der Waals surface area contributed by atoms with Crippen LogP contribution in [0, 0.1) is 0 Å². The molecule has 0 aliphatic carbocycles. The number of nitrogens with one attached hydrogen (secondary N) is 1. The second kappa shape index (κ2) is 6.44. The van der Waals surface area contributed by atoms with Crippen LogP contribution in [0.1, 0.15) is 40.6 Å². The van der Waals surface area contributed by atoms with Gasteiger partial charge in [0.15, 0.2) is 11.5 Å². The summed E-state index contributed by atoms with van der Waals surface area (Å²) in [4.78, 5) is 28.4. The van der Waals surface area contributed by atoms with Crippen LogP contribution < -0.4 is 5.32 Å². The van der Waals surface area contributed by atoms with Crippen LogP contribution >= 0.6 is 0 Å². The molecule has 3 rings (SSSR count). The fourth-order valence-corrected chi connectivity index (χ4v) is 1.99. The second-order valence-corrected chi connectivity index (χ2v) is 4.71. The molecule has 0 fully saturated rings. The minimum Gasteiger partial charge on any atom is -0.461 e. The van der Waals surface area contributed by atoms with Gasteiger partial charge in [-0.2, -0.15) is 0 Å².